The van der Waals surface area contributed by atoms with Crippen molar-refractivity contribution < 1.29 is 9.94 Å². The van der Waals surface area contributed by atoms with Crippen molar-refractivity contribution in [3.05, 3.63) is 0 Å². The van der Waals surface area contributed by atoms with Crippen molar-refractivity contribution in [1.82, 2.24) is 5.32 Å². The maximum absolute atomic E-state index is 8.55. The van der Waals surface area contributed by atoms with Gasteiger partial charge in [-0.1, -0.05) is 5.16 Å². The first-order chi connectivity index (χ1) is 7.74. The molecule has 2 aliphatic rings. The number of oxime groups is 1. The first kappa shape index (κ1) is 11.7. The van der Waals surface area contributed by atoms with Crippen molar-refractivity contribution in [2.75, 3.05) is 26.3 Å². The predicted octanol–water partition coefficient (Wildman–Crippen LogP) is 0.529. The van der Waals surface area contributed by atoms with Crippen LogP contribution in [0.25, 0.3) is 0 Å². The molecule has 2 rings (SSSR count). The molecule has 0 aromatic carbocycles. The van der Waals surface area contributed by atoms with Gasteiger partial charge in [0.05, 0.1) is 6.61 Å². The van der Waals surface area contributed by atoms with Crippen LogP contribution in [0.4, 0.5) is 0 Å². The topological polar surface area (TPSA) is 79.9 Å². The minimum Gasteiger partial charge on any atom is -0.409 e. The Morgan fingerprint density at radius 1 is 1.56 bits per heavy atom. The SMILES string of the molecule is NC(CC1(CNCC2CCOC2)CC1)=NO. The monoisotopic (exact) mass is 227 g/mol. The highest BCUT2D eigenvalue weighted by Gasteiger charge is 2.42. The third kappa shape index (κ3) is 3.09. The van der Waals surface area contributed by atoms with Gasteiger partial charge in [-0.25, -0.2) is 0 Å². The van der Waals surface area contributed by atoms with Crippen LogP contribution in [0, 0.1) is 11.3 Å². The van der Waals surface area contributed by atoms with Crippen molar-refractivity contribution in [3.8, 4) is 0 Å². The van der Waals surface area contributed by atoms with Gasteiger partial charge in [0.25, 0.3) is 0 Å². The number of hydrogen-bond acceptors (Lipinski definition) is 4. The normalized spacial score (nSPS) is 28.2. The molecule has 0 radical (unpaired) electrons. The zero-order valence-electron chi connectivity index (χ0n) is 9.61. The lowest BCUT2D eigenvalue weighted by Gasteiger charge is -2.16. The summed E-state index contributed by atoms with van der Waals surface area (Å²) in [5.41, 5.74) is 5.80. The summed E-state index contributed by atoms with van der Waals surface area (Å²) in [6, 6.07) is 0. The molecule has 1 heterocycles. The fourth-order valence-electron chi connectivity index (χ4n) is 2.30. The van der Waals surface area contributed by atoms with Crippen molar-refractivity contribution in [2.24, 2.45) is 22.2 Å². The Kier molecular flexibility index (Phi) is 3.66. The molecule has 2 fully saturated rings. The van der Waals surface area contributed by atoms with Gasteiger partial charge < -0.3 is 21.0 Å². The van der Waals surface area contributed by atoms with Crippen molar-refractivity contribution in [2.45, 2.75) is 25.7 Å². The maximum Gasteiger partial charge on any atom is 0.139 e. The lowest BCUT2D eigenvalue weighted by molar-refractivity contribution is 0.185. The number of nitrogens with two attached hydrogens (primary N) is 1. The van der Waals surface area contributed by atoms with E-state index >= 15 is 0 Å². The van der Waals surface area contributed by atoms with Crippen LogP contribution in [0.2, 0.25) is 0 Å². The molecular weight excluding hydrogens is 206 g/mol. The Labute approximate surface area is 96.0 Å². The summed E-state index contributed by atoms with van der Waals surface area (Å²) >= 11 is 0. The van der Waals surface area contributed by atoms with Crippen LogP contribution in [-0.2, 0) is 4.74 Å². The van der Waals surface area contributed by atoms with E-state index in [1.165, 1.54) is 19.3 Å². The van der Waals surface area contributed by atoms with Crippen LogP contribution >= 0.6 is 0 Å². The highest BCUT2D eigenvalue weighted by atomic mass is 16.5. The molecule has 5 nitrogen and oxygen atoms in total. The van der Waals surface area contributed by atoms with E-state index in [1.54, 1.807) is 0 Å². The lowest BCUT2D eigenvalue weighted by atomic mass is 10.0. The molecule has 92 valence electrons. The zero-order chi connectivity index (χ0) is 11.4. The van der Waals surface area contributed by atoms with Gasteiger partial charge in [0.15, 0.2) is 0 Å². The van der Waals surface area contributed by atoms with Crippen LogP contribution in [0.1, 0.15) is 25.7 Å². The van der Waals surface area contributed by atoms with Crippen LogP contribution in [0.5, 0.6) is 0 Å². The molecule has 1 saturated heterocycles. The number of rotatable bonds is 6. The highest BCUT2D eigenvalue weighted by Crippen LogP contribution is 2.48. The Bertz CT molecular complexity index is 258. The number of nitrogens with one attached hydrogen (secondary N) is 1. The summed E-state index contributed by atoms with van der Waals surface area (Å²) in [4.78, 5) is 0. The summed E-state index contributed by atoms with van der Waals surface area (Å²) in [5, 5.41) is 15.1. The van der Waals surface area contributed by atoms with Crippen LogP contribution in [0.15, 0.2) is 5.16 Å². The van der Waals surface area contributed by atoms with Crippen LogP contribution in [0.3, 0.4) is 0 Å². The van der Waals surface area contributed by atoms with E-state index in [4.69, 9.17) is 15.7 Å². The predicted molar refractivity (Wildman–Crippen MR) is 61.5 cm³/mol. The first-order valence-corrected chi connectivity index (χ1v) is 5.99. The van der Waals surface area contributed by atoms with Crippen molar-refractivity contribution in [1.29, 1.82) is 0 Å². The molecular formula is C11H21N3O2. The molecule has 0 bridgehead atoms. The molecule has 0 amide bonds. The Hall–Kier alpha value is -0.810. The van der Waals surface area contributed by atoms with Gasteiger partial charge in [-0.15, -0.1) is 0 Å². The number of amidine groups is 1. The third-order valence-corrected chi connectivity index (χ3v) is 3.60. The second kappa shape index (κ2) is 5.01. The zero-order valence-corrected chi connectivity index (χ0v) is 9.61. The van der Waals surface area contributed by atoms with E-state index in [0.717, 1.165) is 26.3 Å². The van der Waals surface area contributed by atoms with Crippen molar-refractivity contribution in [3.63, 3.8) is 0 Å². The van der Waals surface area contributed by atoms with E-state index in [9.17, 15) is 0 Å². The molecule has 5 heteroatoms. The average molecular weight is 227 g/mol. The molecule has 16 heavy (non-hydrogen) atoms. The fourth-order valence-corrected chi connectivity index (χ4v) is 2.30. The number of ether oxygens (including phenoxy) is 1. The van der Waals surface area contributed by atoms with Crippen molar-refractivity contribution >= 4 is 5.84 Å². The van der Waals surface area contributed by atoms with E-state index in [2.05, 4.69) is 10.5 Å². The van der Waals surface area contributed by atoms with Gasteiger partial charge in [-0.05, 0) is 30.6 Å². The second-order valence-corrected chi connectivity index (χ2v) is 5.13. The largest absolute Gasteiger partial charge is 0.409 e. The van der Waals surface area contributed by atoms with Gasteiger partial charge in [0.2, 0.25) is 0 Å². The smallest absolute Gasteiger partial charge is 0.139 e. The Morgan fingerprint density at radius 2 is 2.38 bits per heavy atom. The quantitative estimate of drug-likeness (QED) is 0.268. The fraction of sp³-hybridized carbons (Fsp3) is 0.909. The summed E-state index contributed by atoms with van der Waals surface area (Å²) in [5.74, 6) is 1.02. The molecule has 1 saturated carbocycles. The number of hydrogen-bond donors (Lipinski definition) is 3. The first-order valence-electron chi connectivity index (χ1n) is 5.99. The van der Waals surface area contributed by atoms with Gasteiger partial charge in [-0.3, -0.25) is 0 Å². The molecule has 0 spiro atoms. The standard InChI is InChI=1S/C11H21N3O2/c12-10(14-15)5-11(2-3-11)8-13-6-9-1-4-16-7-9/h9,13,15H,1-8H2,(H2,12,14). The molecule has 1 atom stereocenters. The van der Waals surface area contributed by atoms with Gasteiger partial charge in [0.1, 0.15) is 5.84 Å². The number of nitrogens with zero attached hydrogens (tertiary/aromatic N) is 1. The third-order valence-electron chi connectivity index (χ3n) is 3.60. The Morgan fingerprint density at radius 3 is 2.94 bits per heavy atom. The van der Waals surface area contributed by atoms with Gasteiger partial charge in [0, 0.05) is 26.1 Å². The summed E-state index contributed by atoms with van der Waals surface area (Å²) in [7, 11) is 0. The Balaban J connectivity index is 1.65. The molecule has 4 N–H and O–H groups in total. The highest BCUT2D eigenvalue weighted by molar-refractivity contribution is 5.80. The van der Waals surface area contributed by atoms with E-state index in [0.29, 0.717) is 18.2 Å². The molecule has 1 aliphatic carbocycles. The van der Waals surface area contributed by atoms with E-state index in [-0.39, 0.29) is 5.41 Å². The summed E-state index contributed by atoms with van der Waals surface area (Å²) < 4.78 is 5.33. The lowest BCUT2D eigenvalue weighted by Crippen LogP contribution is -2.31. The van der Waals surface area contributed by atoms with Crippen LogP contribution in [-0.4, -0.2) is 37.3 Å². The maximum atomic E-state index is 8.55. The minimum atomic E-state index is 0.260. The molecule has 1 aliphatic heterocycles. The van der Waals surface area contributed by atoms with Crippen LogP contribution < -0.4 is 11.1 Å². The second-order valence-electron chi connectivity index (χ2n) is 5.13. The molecule has 0 aromatic rings. The molecule has 1 unspecified atom stereocenters. The summed E-state index contributed by atoms with van der Waals surface area (Å²) in [6.07, 6.45) is 4.23. The van der Waals surface area contributed by atoms with E-state index in [1.807, 2.05) is 0 Å². The molecule has 0 aromatic heterocycles. The average Bonchev–Trinajstić information content (AvgIpc) is 2.83. The summed E-state index contributed by atoms with van der Waals surface area (Å²) in [6.45, 7) is 3.79. The van der Waals surface area contributed by atoms with Gasteiger partial charge in [-0.2, -0.15) is 0 Å². The van der Waals surface area contributed by atoms with E-state index < -0.39 is 0 Å². The van der Waals surface area contributed by atoms with Gasteiger partial charge >= 0.3 is 0 Å². The minimum absolute atomic E-state index is 0.260.